The quantitative estimate of drug-likeness (QED) is 0.547. The Balaban J connectivity index is 3.07. The van der Waals surface area contributed by atoms with Gasteiger partial charge in [0.05, 0.1) is 6.10 Å². The lowest BCUT2D eigenvalue weighted by atomic mass is 10.2. The van der Waals surface area contributed by atoms with Gasteiger partial charge in [0.1, 0.15) is 0 Å². The third-order valence-electron chi connectivity index (χ3n) is 1.31. The van der Waals surface area contributed by atoms with Crippen LogP contribution in [0.5, 0.6) is 0 Å². The van der Waals surface area contributed by atoms with Crippen LogP contribution in [0.15, 0.2) is 0 Å². The maximum atomic E-state index is 5.34. The molecule has 0 aliphatic heterocycles. The Kier molecular flexibility index (Phi) is 5.08. The van der Waals surface area contributed by atoms with Crippen LogP contribution < -0.4 is 0 Å². The Bertz CT molecular complexity index is 39.7. The number of hydrogen-bond donors (Lipinski definition) is 0. The molecule has 0 saturated heterocycles. The fourth-order valence-electron chi connectivity index (χ4n) is 0.760. The molecule has 0 N–H and O–H groups in total. The minimum atomic E-state index is 0.500. The highest BCUT2D eigenvalue weighted by Crippen LogP contribution is 2.00. The average Bonchev–Trinajstić information content (AvgIpc) is 1.83. The summed E-state index contributed by atoms with van der Waals surface area (Å²) in [7, 11) is 0. The lowest BCUT2D eigenvalue weighted by Crippen LogP contribution is -2.08. The molecule has 0 aromatic rings. The van der Waals surface area contributed by atoms with Crippen molar-refractivity contribution in [2.75, 3.05) is 6.61 Å². The zero-order valence-corrected chi connectivity index (χ0v) is 6.11. The van der Waals surface area contributed by atoms with Gasteiger partial charge in [-0.25, -0.2) is 0 Å². The van der Waals surface area contributed by atoms with E-state index in [-0.39, 0.29) is 0 Å². The standard InChI is InChI=1S/C7H16O/c1-4-7(5-2)8-6-3/h7H,4-6H2,1-3H3. The van der Waals surface area contributed by atoms with Gasteiger partial charge in [-0.1, -0.05) is 13.8 Å². The van der Waals surface area contributed by atoms with Gasteiger partial charge in [0.25, 0.3) is 0 Å². The lowest BCUT2D eigenvalue weighted by Gasteiger charge is -2.10. The molecule has 0 unspecified atom stereocenters. The molecule has 0 amide bonds. The molecule has 0 aliphatic rings. The van der Waals surface area contributed by atoms with E-state index in [1.807, 2.05) is 6.92 Å². The molecule has 0 saturated carbocycles. The summed E-state index contributed by atoms with van der Waals surface area (Å²) < 4.78 is 5.34. The van der Waals surface area contributed by atoms with Crippen LogP contribution in [-0.4, -0.2) is 12.7 Å². The first kappa shape index (κ1) is 7.96. The molecule has 0 rings (SSSR count). The predicted molar refractivity (Wildman–Crippen MR) is 36.0 cm³/mol. The summed E-state index contributed by atoms with van der Waals surface area (Å²) >= 11 is 0. The van der Waals surface area contributed by atoms with Crippen LogP contribution in [0.25, 0.3) is 0 Å². The fraction of sp³-hybridized carbons (Fsp3) is 1.00. The van der Waals surface area contributed by atoms with Crippen molar-refractivity contribution in [3.05, 3.63) is 0 Å². The summed E-state index contributed by atoms with van der Waals surface area (Å²) in [5.74, 6) is 0. The van der Waals surface area contributed by atoms with Gasteiger partial charge in [-0.05, 0) is 19.8 Å². The normalized spacial score (nSPS) is 10.5. The number of ether oxygens (including phenoxy) is 1. The van der Waals surface area contributed by atoms with Gasteiger partial charge in [0, 0.05) is 6.61 Å². The molecule has 0 spiro atoms. The van der Waals surface area contributed by atoms with Crippen molar-refractivity contribution in [3.63, 3.8) is 0 Å². The Morgan fingerprint density at radius 3 is 1.75 bits per heavy atom. The molecule has 0 fully saturated rings. The van der Waals surface area contributed by atoms with Crippen molar-refractivity contribution in [1.29, 1.82) is 0 Å². The van der Waals surface area contributed by atoms with Gasteiger partial charge >= 0.3 is 0 Å². The topological polar surface area (TPSA) is 9.23 Å². The smallest absolute Gasteiger partial charge is 0.0569 e. The van der Waals surface area contributed by atoms with Crippen LogP contribution in [-0.2, 0) is 4.74 Å². The molecule has 0 aromatic heterocycles. The highest BCUT2D eigenvalue weighted by molar-refractivity contribution is 4.48. The lowest BCUT2D eigenvalue weighted by molar-refractivity contribution is 0.0578. The summed E-state index contributed by atoms with van der Waals surface area (Å²) in [6.07, 6.45) is 2.79. The first-order valence-electron chi connectivity index (χ1n) is 3.46. The summed E-state index contributed by atoms with van der Waals surface area (Å²) in [6, 6.07) is 0. The monoisotopic (exact) mass is 116 g/mol. The molecule has 8 heavy (non-hydrogen) atoms. The third kappa shape index (κ3) is 3.03. The zero-order chi connectivity index (χ0) is 6.41. The molecule has 1 nitrogen and oxygen atoms in total. The molecule has 0 aromatic carbocycles. The average molecular weight is 116 g/mol. The molecule has 0 bridgehead atoms. The Morgan fingerprint density at radius 1 is 1.12 bits per heavy atom. The van der Waals surface area contributed by atoms with E-state index in [4.69, 9.17) is 4.74 Å². The van der Waals surface area contributed by atoms with Crippen molar-refractivity contribution in [2.24, 2.45) is 0 Å². The molecule has 0 radical (unpaired) electrons. The van der Waals surface area contributed by atoms with Crippen LogP contribution in [0.4, 0.5) is 0 Å². The molecule has 1 heteroatoms. The van der Waals surface area contributed by atoms with Gasteiger partial charge in [-0.3, -0.25) is 0 Å². The van der Waals surface area contributed by atoms with Crippen LogP contribution in [0.2, 0.25) is 0 Å². The van der Waals surface area contributed by atoms with Gasteiger partial charge < -0.3 is 4.74 Å². The second-order valence-electron chi connectivity index (χ2n) is 1.89. The van der Waals surface area contributed by atoms with Gasteiger partial charge in [-0.2, -0.15) is 0 Å². The molecule has 0 aliphatic carbocycles. The Morgan fingerprint density at radius 2 is 1.62 bits per heavy atom. The van der Waals surface area contributed by atoms with Crippen molar-refractivity contribution in [3.8, 4) is 0 Å². The van der Waals surface area contributed by atoms with E-state index >= 15 is 0 Å². The third-order valence-corrected chi connectivity index (χ3v) is 1.31. The largest absolute Gasteiger partial charge is 0.379 e. The second kappa shape index (κ2) is 5.10. The summed E-state index contributed by atoms with van der Waals surface area (Å²) in [5, 5.41) is 0. The molecular formula is C7H16O. The number of rotatable bonds is 4. The number of hydrogen-bond acceptors (Lipinski definition) is 1. The minimum absolute atomic E-state index is 0.500. The minimum Gasteiger partial charge on any atom is -0.379 e. The van der Waals surface area contributed by atoms with Gasteiger partial charge in [0.15, 0.2) is 0 Å². The van der Waals surface area contributed by atoms with E-state index < -0.39 is 0 Å². The van der Waals surface area contributed by atoms with Crippen molar-refractivity contribution >= 4 is 0 Å². The molecule has 0 atom stereocenters. The van der Waals surface area contributed by atoms with Crippen molar-refractivity contribution < 1.29 is 4.74 Å². The summed E-state index contributed by atoms with van der Waals surface area (Å²) in [6.45, 7) is 7.21. The van der Waals surface area contributed by atoms with E-state index in [0.717, 1.165) is 19.4 Å². The predicted octanol–water partition coefficient (Wildman–Crippen LogP) is 2.21. The fourth-order valence-corrected chi connectivity index (χ4v) is 0.760. The SMILES string of the molecule is CCOC(CC)CC. The molecule has 0 heterocycles. The maximum Gasteiger partial charge on any atom is 0.0569 e. The maximum absolute atomic E-state index is 5.34. The summed E-state index contributed by atoms with van der Waals surface area (Å²) in [5.41, 5.74) is 0. The zero-order valence-electron chi connectivity index (χ0n) is 6.11. The van der Waals surface area contributed by atoms with Gasteiger partial charge in [-0.15, -0.1) is 0 Å². The van der Waals surface area contributed by atoms with E-state index in [2.05, 4.69) is 13.8 Å². The van der Waals surface area contributed by atoms with Crippen LogP contribution >= 0.6 is 0 Å². The Hall–Kier alpha value is -0.0400. The highest BCUT2D eigenvalue weighted by Gasteiger charge is 1.98. The first-order chi connectivity index (χ1) is 3.85. The van der Waals surface area contributed by atoms with Crippen LogP contribution in [0.1, 0.15) is 33.6 Å². The van der Waals surface area contributed by atoms with Crippen LogP contribution in [0, 0.1) is 0 Å². The first-order valence-corrected chi connectivity index (χ1v) is 3.46. The van der Waals surface area contributed by atoms with Crippen LogP contribution in [0.3, 0.4) is 0 Å². The summed E-state index contributed by atoms with van der Waals surface area (Å²) in [4.78, 5) is 0. The van der Waals surface area contributed by atoms with E-state index in [1.54, 1.807) is 0 Å². The molecular weight excluding hydrogens is 100 g/mol. The highest BCUT2D eigenvalue weighted by atomic mass is 16.5. The van der Waals surface area contributed by atoms with E-state index in [9.17, 15) is 0 Å². The second-order valence-corrected chi connectivity index (χ2v) is 1.89. The van der Waals surface area contributed by atoms with E-state index in [0.29, 0.717) is 6.10 Å². The van der Waals surface area contributed by atoms with Gasteiger partial charge in [0.2, 0.25) is 0 Å². The van der Waals surface area contributed by atoms with Crippen molar-refractivity contribution in [1.82, 2.24) is 0 Å². The molecule has 50 valence electrons. The van der Waals surface area contributed by atoms with Crippen molar-refractivity contribution in [2.45, 2.75) is 39.7 Å². The Labute approximate surface area is 52.0 Å². The van der Waals surface area contributed by atoms with E-state index in [1.165, 1.54) is 0 Å².